The Bertz CT molecular complexity index is 507. The van der Waals surface area contributed by atoms with Gasteiger partial charge in [0.25, 0.3) is 0 Å². The number of thioether (sulfide) groups is 1. The fourth-order valence-corrected chi connectivity index (χ4v) is 5.52. The van der Waals surface area contributed by atoms with Crippen molar-refractivity contribution in [3.8, 4) is 6.07 Å². The van der Waals surface area contributed by atoms with Gasteiger partial charge >= 0.3 is 0 Å². The number of nitriles is 1. The molecule has 1 saturated heterocycles. The van der Waals surface area contributed by atoms with E-state index in [0.29, 0.717) is 11.0 Å². The molecule has 0 amide bonds. The SMILES string of the molecule is CC(C)N1CC2(C1)SCc1sc(N)c(C#N)c12. The van der Waals surface area contributed by atoms with Crippen LogP contribution < -0.4 is 5.73 Å². The highest BCUT2D eigenvalue weighted by molar-refractivity contribution is 8.00. The van der Waals surface area contributed by atoms with Gasteiger partial charge in [-0.1, -0.05) is 0 Å². The number of hydrogen-bond acceptors (Lipinski definition) is 5. The smallest absolute Gasteiger partial charge is 0.104 e. The maximum absolute atomic E-state index is 9.25. The van der Waals surface area contributed by atoms with Crippen LogP contribution in [0.25, 0.3) is 0 Å². The van der Waals surface area contributed by atoms with Crippen molar-refractivity contribution in [1.29, 1.82) is 5.26 Å². The van der Waals surface area contributed by atoms with Crippen LogP contribution in [-0.4, -0.2) is 24.0 Å². The first-order valence-corrected chi connectivity index (χ1v) is 7.57. The van der Waals surface area contributed by atoms with Gasteiger partial charge in [0.05, 0.1) is 10.3 Å². The minimum absolute atomic E-state index is 0.165. The highest BCUT2D eigenvalue weighted by atomic mass is 32.2. The third-order valence-electron chi connectivity index (χ3n) is 3.70. The first-order chi connectivity index (χ1) is 8.07. The van der Waals surface area contributed by atoms with Crippen molar-refractivity contribution < 1.29 is 0 Å². The zero-order chi connectivity index (χ0) is 12.2. The third-order valence-corrected chi connectivity index (χ3v) is 6.35. The number of rotatable bonds is 1. The Hall–Kier alpha value is -0.700. The fraction of sp³-hybridized carbons (Fsp3) is 0.583. The Morgan fingerprint density at radius 2 is 2.18 bits per heavy atom. The van der Waals surface area contributed by atoms with Crippen LogP contribution in [0.4, 0.5) is 5.00 Å². The van der Waals surface area contributed by atoms with Crippen molar-refractivity contribution in [2.45, 2.75) is 30.4 Å². The van der Waals surface area contributed by atoms with Gasteiger partial charge in [0.2, 0.25) is 0 Å². The van der Waals surface area contributed by atoms with Gasteiger partial charge < -0.3 is 5.73 Å². The molecular weight excluding hydrogens is 250 g/mol. The van der Waals surface area contributed by atoms with Gasteiger partial charge in [-0.3, -0.25) is 4.90 Å². The molecule has 3 rings (SSSR count). The predicted octanol–water partition coefficient (Wildman–Crippen LogP) is 2.37. The summed E-state index contributed by atoms with van der Waals surface area (Å²) in [5.74, 6) is 1.03. The molecule has 3 heterocycles. The minimum Gasteiger partial charge on any atom is -0.389 e. The molecule has 1 aromatic heterocycles. The molecule has 5 heteroatoms. The lowest BCUT2D eigenvalue weighted by atomic mass is 9.87. The summed E-state index contributed by atoms with van der Waals surface area (Å²) in [6, 6.07) is 2.89. The summed E-state index contributed by atoms with van der Waals surface area (Å²) >= 11 is 3.59. The molecule has 0 aliphatic carbocycles. The van der Waals surface area contributed by atoms with Crippen LogP contribution in [0.1, 0.15) is 29.9 Å². The van der Waals surface area contributed by atoms with E-state index in [9.17, 15) is 5.26 Å². The van der Waals surface area contributed by atoms with E-state index in [1.807, 2.05) is 11.8 Å². The number of thiophene rings is 1. The molecule has 0 aromatic carbocycles. The minimum atomic E-state index is 0.165. The van der Waals surface area contributed by atoms with Gasteiger partial charge in [-0.2, -0.15) is 5.26 Å². The molecule has 0 radical (unpaired) electrons. The van der Waals surface area contributed by atoms with E-state index in [4.69, 9.17) is 5.73 Å². The van der Waals surface area contributed by atoms with Crippen LogP contribution in [0.5, 0.6) is 0 Å². The van der Waals surface area contributed by atoms with Crippen LogP contribution in [0, 0.1) is 11.3 Å². The Morgan fingerprint density at radius 1 is 1.47 bits per heavy atom. The molecule has 2 N–H and O–H groups in total. The van der Waals surface area contributed by atoms with Gasteiger partial charge in [0, 0.05) is 35.3 Å². The largest absolute Gasteiger partial charge is 0.389 e. The average molecular weight is 265 g/mol. The van der Waals surface area contributed by atoms with Crippen molar-refractivity contribution in [3.63, 3.8) is 0 Å². The molecule has 1 aromatic rings. The molecule has 3 nitrogen and oxygen atoms in total. The summed E-state index contributed by atoms with van der Waals surface area (Å²) in [5, 5.41) is 9.96. The van der Waals surface area contributed by atoms with Gasteiger partial charge in [0.1, 0.15) is 11.1 Å². The Balaban J connectivity index is 1.98. The zero-order valence-electron chi connectivity index (χ0n) is 9.99. The summed E-state index contributed by atoms with van der Waals surface area (Å²) in [6.07, 6.45) is 0. The summed E-state index contributed by atoms with van der Waals surface area (Å²) in [7, 11) is 0. The number of fused-ring (bicyclic) bond motifs is 2. The van der Waals surface area contributed by atoms with Crippen LogP contribution >= 0.6 is 23.1 Å². The van der Waals surface area contributed by atoms with Crippen molar-refractivity contribution in [2.75, 3.05) is 18.8 Å². The summed E-state index contributed by atoms with van der Waals surface area (Å²) < 4.78 is 0.165. The first kappa shape index (κ1) is 11.4. The zero-order valence-corrected chi connectivity index (χ0v) is 11.6. The fourth-order valence-electron chi connectivity index (χ4n) is 2.69. The van der Waals surface area contributed by atoms with Crippen LogP contribution in [0.15, 0.2) is 0 Å². The molecule has 2 aliphatic rings. The number of hydrogen-bond donors (Lipinski definition) is 1. The second-order valence-corrected chi connectivity index (χ2v) is 7.53. The van der Waals surface area contributed by atoms with E-state index >= 15 is 0 Å². The van der Waals surface area contributed by atoms with Crippen molar-refractivity contribution in [1.82, 2.24) is 4.90 Å². The Kier molecular flexibility index (Phi) is 2.44. The van der Waals surface area contributed by atoms with Gasteiger partial charge in [-0.15, -0.1) is 23.1 Å². The van der Waals surface area contributed by atoms with E-state index in [1.165, 1.54) is 10.4 Å². The lowest BCUT2D eigenvalue weighted by Crippen LogP contribution is -2.58. The molecule has 90 valence electrons. The second kappa shape index (κ2) is 3.64. The lowest BCUT2D eigenvalue weighted by Gasteiger charge is -2.50. The number of nitrogens with two attached hydrogens (primary N) is 1. The summed E-state index contributed by atoms with van der Waals surface area (Å²) in [5.41, 5.74) is 7.93. The maximum Gasteiger partial charge on any atom is 0.104 e. The standard InChI is InChI=1S/C12H15N3S2/c1-7(2)15-5-12(6-15)10-8(3-13)11(14)17-9(10)4-16-12/h7H,4-6,14H2,1-2H3. The van der Waals surface area contributed by atoms with E-state index in [2.05, 4.69) is 24.8 Å². The highest BCUT2D eigenvalue weighted by Crippen LogP contribution is 2.57. The monoisotopic (exact) mass is 265 g/mol. The van der Waals surface area contributed by atoms with E-state index in [0.717, 1.165) is 24.4 Å². The van der Waals surface area contributed by atoms with Gasteiger partial charge in [-0.05, 0) is 13.8 Å². The summed E-state index contributed by atoms with van der Waals surface area (Å²) in [4.78, 5) is 3.78. The normalized spacial score (nSPS) is 21.5. The summed E-state index contributed by atoms with van der Waals surface area (Å²) in [6.45, 7) is 6.57. The Morgan fingerprint density at radius 3 is 2.76 bits per heavy atom. The molecule has 0 bridgehead atoms. The topological polar surface area (TPSA) is 53.0 Å². The molecule has 0 unspecified atom stereocenters. The third kappa shape index (κ3) is 1.44. The maximum atomic E-state index is 9.25. The van der Waals surface area contributed by atoms with Crippen LogP contribution in [0.2, 0.25) is 0 Å². The quantitative estimate of drug-likeness (QED) is 0.847. The van der Waals surface area contributed by atoms with Crippen LogP contribution in [0.3, 0.4) is 0 Å². The van der Waals surface area contributed by atoms with Gasteiger partial charge in [0.15, 0.2) is 0 Å². The second-order valence-electron chi connectivity index (χ2n) is 5.03. The van der Waals surface area contributed by atoms with Crippen molar-refractivity contribution >= 4 is 28.1 Å². The molecule has 17 heavy (non-hydrogen) atoms. The highest BCUT2D eigenvalue weighted by Gasteiger charge is 2.52. The van der Waals surface area contributed by atoms with Crippen molar-refractivity contribution in [2.24, 2.45) is 0 Å². The number of nitrogens with zero attached hydrogens (tertiary/aromatic N) is 2. The number of nitrogen functional groups attached to an aromatic ring is 1. The van der Waals surface area contributed by atoms with Crippen molar-refractivity contribution in [3.05, 3.63) is 16.0 Å². The average Bonchev–Trinajstić information content (AvgIpc) is 2.70. The predicted molar refractivity (Wildman–Crippen MR) is 73.1 cm³/mol. The lowest BCUT2D eigenvalue weighted by molar-refractivity contribution is 0.0916. The molecule has 0 atom stereocenters. The van der Waals surface area contributed by atoms with E-state index in [-0.39, 0.29) is 4.75 Å². The number of likely N-dealkylation sites (tertiary alicyclic amines) is 1. The number of anilines is 1. The molecule has 1 spiro atoms. The van der Waals surface area contributed by atoms with E-state index < -0.39 is 0 Å². The molecule has 2 aliphatic heterocycles. The van der Waals surface area contributed by atoms with E-state index in [1.54, 1.807) is 11.3 Å². The van der Waals surface area contributed by atoms with Crippen LogP contribution in [-0.2, 0) is 10.5 Å². The first-order valence-electron chi connectivity index (χ1n) is 5.77. The Labute approximate surface area is 110 Å². The molecular formula is C12H15N3S2. The molecule has 0 saturated carbocycles. The van der Waals surface area contributed by atoms with Gasteiger partial charge in [-0.25, -0.2) is 0 Å². The molecule has 1 fully saturated rings.